The quantitative estimate of drug-likeness (QED) is 0.701. The molecule has 3 rings (SSSR count). The maximum Gasteiger partial charge on any atom is 0.292 e. The van der Waals surface area contributed by atoms with Crippen LogP contribution in [0.5, 0.6) is 0 Å². The molecule has 0 radical (unpaired) electrons. The normalized spacial score (nSPS) is 11.0. The molecule has 0 fully saturated rings. The highest BCUT2D eigenvalue weighted by Crippen LogP contribution is 2.16. The number of rotatable bonds is 6. The maximum atomic E-state index is 12.7. The van der Waals surface area contributed by atoms with Crippen molar-refractivity contribution in [1.29, 1.82) is 0 Å². The molecule has 3 aromatic rings. The molecule has 0 atom stereocenters. The molecule has 0 saturated heterocycles. The maximum absolute atomic E-state index is 12.7. The van der Waals surface area contributed by atoms with Gasteiger partial charge >= 0.3 is 0 Å². The highest BCUT2D eigenvalue weighted by Gasteiger charge is 2.21. The number of pyridine rings is 1. The van der Waals surface area contributed by atoms with Crippen LogP contribution in [0.2, 0.25) is 0 Å². The van der Waals surface area contributed by atoms with Crippen LogP contribution in [0, 0.1) is 12.8 Å². The van der Waals surface area contributed by atoms with Crippen molar-refractivity contribution in [3.8, 4) is 0 Å². The van der Waals surface area contributed by atoms with Gasteiger partial charge in [0.2, 0.25) is 5.82 Å². The number of nitrogens with zero attached hydrogens (tertiary/aromatic N) is 2. The highest BCUT2D eigenvalue weighted by molar-refractivity contribution is 6.06. The Morgan fingerprint density at radius 1 is 1.07 bits per heavy atom. The van der Waals surface area contributed by atoms with Crippen molar-refractivity contribution in [1.82, 2.24) is 14.7 Å². The molecule has 6 heteroatoms. The second-order valence-corrected chi connectivity index (χ2v) is 7.00. The van der Waals surface area contributed by atoms with Crippen LogP contribution in [-0.2, 0) is 0 Å². The largest absolute Gasteiger partial charge is 0.351 e. The Morgan fingerprint density at radius 3 is 2.52 bits per heavy atom. The van der Waals surface area contributed by atoms with E-state index in [-0.39, 0.29) is 23.3 Å². The molecule has 0 aliphatic rings. The van der Waals surface area contributed by atoms with Gasteiger partial charge in [0.25, 0.3) is 11.8 Å². The lowest BCUT2D eigenvalue weighted by atomic mass is 10.1. The Morgan fingerprint density at radius 2 is 1.81 bits per heavy atom. The average molecular weight is 364 g/mol. The summed E-state index contributed by atoms with van der Waals surface area (Å²) in [4.78, 5) is 29.6. The molecule has 2 N–H and O–H groups in total. The average Bonchev–Trinajstić information content (AvgIpc) is 3.03. The first kappa shape index (κ1) is 18.6. The van der Waals surface area contributed by atoms with Crippen molar-refractivity contribution in [3.63, 3.8) is 0 Å². The number of hydrogen-bond acceptors (Lipinski definition) is 3. The molecule has 2 heterocycles. The summed E-state index contributed by atoms with van der Waals surface area (Å²) in [5.41, 5.74) is 2.66. The highest BCUT2D eigenvalue weighted by atomic mass is 16.2. The predicted octanol–water partition coefficient (Wildman–Crippen LogP) is 3.67. The summed E-state index contributed by atoms with van der Waals surface area (Å²) in [6.45, 7) is 6.77. The van der Waals surface area contributed by atoms with Gasteiger partial charge in [-0.05, 0) is 43.5 Å². The Hall–Kier alpha value is -3.15. The van der Waals surface area contributed by atoms with E-state index in [0.717, 1.165) is 12.0 Å². The van der Waals surface area contributed by atoms with Crippen molar-refractivity contribution in [2.75, 3.05) is 11.9 Å². The molecule has 2 aromatic heterocycles. The van der Waals surface area contributed by atoms with Crippen LogP contribution in [0.15, 0.2) is 48.7 Å². The summed E-state index contributed by atoms with van der Waals surface area (Å²) < 4.78 is 1.64. The lowest BCUT2D eigenvalue weighted by molar-refractivity contribution is 0.0949. The minimum atomic E-state index is -0.360. The molecule has 0 bridgehead atoms. The van der Waals surface area contributed by atoms with E-state index in [4.69, 9.17) is 0 Å². The Balaban J connectivity index is 1.86. The molecule has 0 aliphatic heterocycles. The van der Waals surface area contributed by atoms with Gasteiger partial charge in [0.15, 0.2) is 5.69 Å². The molecule has 1 aromatic carbocycles. The van der Waals surface area contributed by atoms with Gasteiger partial charge in [0.05, 0.1) is 5.52 Å². The summed E-state index contributed by atoms with van der Waals surface area (Å²) in [5.74, 6) is 0.0510. The number of fused-ring (bicyclic) bond motifs is 1. The lowest BCUT2D eigenvalue weighted by Gasteiger charge is -2.05. The number of hydrogen-bond donors (Lipinski definition) is 2. The molecule has 0 unspecified atom stereocenters. The number of carbonyl (C=O) groups excluding carboxylic acids is 2. The van der Waals surface area contributed by atoms with Crippen LogP contribution >= 0.6 is 0 Å². The van der Waals surface area contributed by atoms with Gasteiger partial charge < -0.3 is 10.6 Å². The number of imidazole rings is 1. The van der Waals surface area contributed by atoms with Crippen LogP contribution in [0.25, 0.3) is 5.52 Å². The van der Waals surface area contributed by atoms with Crippen molar-refractivity contribution >= 4 is 23.0 Å². The SMILES string of the molecule is Cc1ccc(NC(=O)c2nc(C(=O)NCCC(C)C)c3ccccn23)cc1. The topological polar surface area (TPSA) is 75.5 Å². The summed E-state index contributed by atoms with van der Waals surface area (Å²) in [5, 5.41) is 5.72. The molecule has 0 spiro atoms. The summed E-state index contributed by atoms with van der Waals surface area (Å²) in [7, 11) is 0. The van der Waals surface area contributed by atoms with E-state index in [1.165, 1.54) is 0 Å². The summed E-state index contributed by atoms with van der Waals surface area (Å²) >= 11 is 0. The van der Waals surface area contributed by atoms with Crippen molar-refractivity contribution in [2.24, 2.45) is 5.92 Å². The second kappa shape index (κ2) is 8.03. The lowest BCUT2D eigenvalue weighted by Crippen LogP contribution is -2.26. The zero-order valence-electron chi connectivity index (χ0n) is 15.8. The second-order valence-electron chi connectivity index (χ2n) is 7.00. The summed E-state index contributed by atoms with van der Waals surface area (Å²) in [6.07, 6.45) is 2.62. The van der Waals surface area contributed by atoms with Gasteiger partial charge in [0, 0.05) is 18.4 Å². The van der Waals surface area contributed by atoms with Crippen molar-refractivity contribution < 1.29 is 9.59 Å². The first-order valence-electron chi connectivity index (χ1n) is 9.09. The van der Waals surface area contributed by atoms with Gasteiger partial charge in [-0.2, -0.15) is 0 Å². The molecular weight excluding hydrogens is 340 g/mol. The third kappa shape index (κ3) is 4.34. The van der Waals surface area contributed by atoms with Gasteiger partial charge in [-0.1, -0.05) is 37.6 Å². The Bertz CT molecular complexity index is 958. The van der Waals surface area contributed by atoms with Gasteiger partial charge in [-0.25, -0.2) is 4.98 Å². The molecule has 0 saturated carbocycles. The zero-order valence-corrected chi connectivity index (χ0v) is 15.8. The number of amides is 2. The van der Waals surface area contributed by atoms with Crippen LogP contribution in [0.4, 0.5) is 5.69 Å². The minimum absolute atomic E-state index is 0.181. The monoisotopic (exact) mass is 364 g/mol. The number of benzene rings is 1. The Labute approximate surface area is 158 Å². The predicted molar refractivity (Wildman–Crippen MR) is 106 cm³/mol. The fourth-order valence-electron chi connectivity index (χ4n) is 2.75. The molecular formula is C21H24N4O2. The number of nitrogens with one attached hydrogen (secondary N) is 2. The van der Waals surface area contributed by atoms with Gasteiger partial charge in [-0.15, -0.1) is 0 Å². The van der Waals surface area contributed by atoms with Crippen molar-refractivity contribution in [2.45, 2.75) is 27.2 Å². The van der Waals surface area contributed by atoms with E-state index in [9.17, 15) is 9.59 Å². The van der Waals surface area contributed by atoms with Gasteiger partial charge in [-0.3, -0.25) is 14.0 Å². The van der Waals surface area contributed by atoms with Crippen LogP contribution < -0.4 is 10.6 Å². The molecule has 6 nitrogen and oxygen atoms in total. The third-order valence-corrected chi connectivity index (χ3v) is 4.28. The van der Waals surface area contributed by atoms with E-state index in [2.05, 4.69) is 29.5 Å². The van der Waals surface area contributed by atoms with E-state index in [1.807, 2.05) is 37.3 Å². The van der Waals surface area contributed by atoms with Crippen LogP contribution in [0.1, 0.15) is 46.9 Å². The molecule has 2 amide bonds. The standard InChI is InChI=1S/C21H24N4O2/c1-14(2)11-12-22-20(26)18-17-6-4-5-13-25(17)19(24-18)21(27)23-16-9-7-15(3)8-10-16/h4-10,13-14H,11-12H2,1-3H3,(H,22,26)(H,23,27). The molecule has 27 heavy (non-hydrogen) atoms. The van der Waals surface area contributed by atoms with Crippen LogP contribution in [0.3, 0.4) is 0 Å². The first-order chi connectivity index (χ1) is 13.0. The number of carbonyl (C=O) groups is 2. The van der Waals surface area contributed by atoms with Gasteiger partial charge in [0.1, 0.15) is 0 Å². The molecule has 0 aliphatic carbocycles. The smallest absolute Gasteiger partial charge is 0.292 e. The Kier molecular flexibility index (Phi) is 5.54. The number of aromatic nitrogens is 2. The third-order valence-electron chi connectivity index (χ3n) is 4.28. The van der Waals surface area contributed by atoms with E-state index >= 15 is 0 Å². The first-order valence-corrected chi connectivity index (χ1v) is 9.09. The fraction of sp³-hybridized carbons (Fsp3) is 0.286. The minimum Gasteiger partial charge on any atom is -0.351 e. The fourth-order valence-corrected chi connectivity index (χ4v) is 2.75. The molecule has 140 valence electrons. The summed E-state index contributed by atoms with van der Waals surface area (Å²) in [6, 6.07) is 12.9. The van der Waals surface area contributed by atoms with E-state index in [1.54, 1.807) is 22.7 Å². The zero-order chi connectivity index (χ0) is 19.4. The number of anilines is 1. The number of aryl methyl sites for hydroxylation is 1. The van der Waals surface area contributed by atoms with Crippen LogP contribution in [-0.4, -0.2) is 27.7 Å². The van der Waals surface area contributed by atoms with Crippen molar-refractivity contribution in [3.05, 3.63) is 65.7 Å². The van der Waals surface area contributed by atoms with E-state index < -0.39 is 0 Å². The van der Waals surface area contributed by atoms with E-state index in [0.29, 0.717) is 23.7 Å².